The van der Waals surface area contributed by atoms with Gasteiger partial charge in [0.1, 0.15) is 11.0 Å². The summed E-state index contributed by atoms with van der Waals surface area (Å²) in [7, 11) is 0. The van der Waals surface area contributed by atoms with Crippen molar-refractivity contribution in [2.45, 2.75) is 6.54 Å². The number of anilines is 1. The molecule has 5 nitrogen and oxygen atoms in total. The molecule has 2 aromatic carbocycles. The summed E-state index contributed by atoms with van der Waals surface area (Å²) in [6.07, 6.45) is 3.41. The second-order valence-corrected chi connectivity index (χ2v) is 6.48. The molecule has 0 aliphatic rings. The number of nitrogens with zero attached hydrogens (tertiary/aromatic N) is 1. The van der Waals surface area contributed by atoms with Gasteiger partial charge in [0.25, 0.3) is 0 Å². The highest BCUT2D eigenvalue weighted by Crippen LogP contribution is 2.39. The summed E-state index contributed by atoms with van der Waals surface area (Å²) < 4.78 is 11.7. The van der Waals surface area contributed by atoms with Crippen LogP contribution in [0.15, 0.2) is 92.8 Å². The minimum atomic E-state index is -0.427. The van der Waals surface area contributed by atoms with E-state index in [0.717, 1.165) is 16.5 Å². The van der Waals surface area contributed by atoms with E-state index in [-0.39, 0.29) is 0 Å². The number of hydrogen-bond donors (Lipinski definition) is 1. The Hall–Kier alpha value is -3.86. The second-order valence-electron chi connectivity index (χ2n) is 6.48. The largest absolute Gasteiger partial charge is 0.439 e. The minimum Gasteiger partial charge on any atom is -0.439 e. The van der Waals surface area contributed by atoms with Crippen LogP contribution in [0.3, 0.4) is 0 Å². The number of para-hydroxylation sites is 1. The molecule has 0 radical (unpaired) electrons. The fraction of sp³-hybridized carbons (Fsp3) is 0.0435. The molecule has 0 amide bonds. The Bertz CT molecular complexity index is 1320. The summed E-state index contributed by atoms with van der Waals surface area (Å²) in [4.78, 5) is 17.0. The lowest BCUT2D eigenvalue weighted by Crippen LogP contribution is -2.02. The monoisotopic (exact) mass is 368 g/mol. The average molecular weight is 368 g/mol. The Morgan fingerprint density at radius 2 is 1.71 bits per heavy atom. The SMILES string of the molecule is O=c1oc2ccccc2c2oc(NCc3ccccc3)c(-c3cccnc3)c12. The molecule has 0 aliphatic carbocycles. The highest BCUT2D eigenvalue weighted by molar-refractivity contribution is 6.09. The molecule has 28 heavy (non-hydrogen) atoms. The normalized spacial score (nSPS) is 11.1. The van der Waals surface area contributed by atoms with E-state index in [1.165, 1.54) is 0 Å². The van der Waals surface area contributed by atoms with Crippen LogP contribution in [-0.2, 0) is 6.54 Å². The quantitative estimate of drug-likeness (QED) is 0.441. The molecule has 0 spiro atoms. The Kier molecular flexibility index (Phi) is 3.91. The molecule has 0 atom stereocenters. The lowest BCUT2D eigenvalue weighted by molar-refractivity contribution is 0.565. The van der Waals surface area contributed by atoms with E-state index in [1.807, 2.05) is 60.7 Å². The van der Waals surface area contributed by atoms with E-state index >= 15 is 0 Å². The van der Waals surface area contributed by atoms with E-state index in [2.05, 4.69) is 10.3 Å². The Labute approximate surface area is 160 Å². The predicted molar refractivity (Wildman–Crippen MR) is 109 cm³/mol. The first-order chi connectivity index (χ1) is 13.8. The molecule has 0 fully saturated rings. The van der Waals surface area contributed by atoms with Gasteiger partial charge in [-0.3, -0.25) is 4.98 Å². The van der Waals surface area contributed by atoms with Gasteiger partial charge in [-0.05, 0) is 23.8 Å². The molecule has 3 heterocycles. The minimum absolute atomic E-state index is 0.419. The number of hydrogen-bond acceptors (Lipinski definition) is 5. The zero-order valence-electron chi connectivity index (χ0n) is 14.9. The van der Waals surface area contributed by atoms with Crippen LogP contribution in [0.5, 0.6) is 0 Å². The molecule has 0 saturated heterocycles. The van der Waals surface area contributed by atoms with Crippen molar-refractivity contribution in [3.8, 4) is 11.1 Å². The number of rotatable bonds is 4. The molecule has 0 bridgehead atoms. The van der Waals surface area contributed by atoms with Crippen molar-refractivity contribution < 1.29 is 8.83 Å². The van der Waals surface area contributed by atoms with Crippen LogP contribution in [-0.4, -0.2) is 4.98 Å². The van der Waals surface area contributed by atoms with Gasteiger partial charge in [-0.1, -0.05) is 48.5 Å². The van der Waals surface area contributed by atoms with E-state index in [9.17, 15) is 4.79 Å². The number of benzene rings is 2. The van der Waals surface area contributed by atoms with Crippen LogP contribution in [0.2, 0.25) is 0 Å². The molecule has 5 heteroatoms. The van der Waals surface area contributed by atoms with Crippen molar-refractivity contribution in [2.24, 2.45) is 0 Å². The number of pyridine rings is 1. The zero-order chi connectivity index (χ0) is 18.9. The molecule has 5 rings (SSSR count). The third-order valence-corrected chi connectivity index (χ3v) is 4.69. The molecule has 0 aliphatic heterocycles. The van der Waals surface area contributed by atoms with E-state index < -0.39 is 5.63 Å². The van der Waals surface area contributed by atoms with Gasteiger partial charge in [-0.2, -0.15) is 0 Å². The number of furan rings is 1. The zero-order valence-corrected chi connectivity index (χ0v) is 14.9. The van der Waals surface area contributed by atoms with Crippen LogP contribution in [0.4, 0.5) is 5.88 Å². The second kappa shape index (κ2) is 6.70. The number of aromatic nitrogens is 1. The van der Waals surface area contributed by atoms with E-state index in [0.29, 0.717) is 34.5 Å². The summed E-state index contributed by atoms with van der Waals surface area (Å²) in [5, 5.41) is 4.51. The van der Waals surface area contributed by atoms with Crippen molar-refractivity contribution in [3.05, 3.63) is 95.1 Å². The Morgan fingerprint density at radius 3 is 2.54 bits per heavy atom. The highest BCUT2D eigenvalue weighted by Gasteiger charge is 2.22. The molecule has 0 saturated carbocycles. The van der Waals surface area contributed by atoms with Gasteiger partial charge in [-0.25, -0.2) is 4.79 Å². The van der Waals surface area contributed by atoms with Crippen LogP contribution >= 0.6 is 0 Å². The molecule has 1 N–H and O–H groups in total. The fourth-order valence-electron chi connectivity index (χ4n) is 3.40. The molecule has 0 unspecified atom stereocenters. The average Bonchev–Trinajstić information content (AvgIpc) is 3.14. The summed E-state index contributed by atoms with van der Waals surface area (Å²) in [6, 6.07) is 21.1. The van der Waals surface area contributed by atoms with Gasteiger partial charge in [0, 0.05) is 24.5 Å². The molecule has 136 valence electrons. The van der Waals surface area contributed by atoms with Gasteiger partial charge in [-0.15, -0.1) is 0 Å². The fourth-order valence-corrected chi connectivity index (χ4v) is 3.40. The van der Waals surface area contributed by atoms with Crippen molar-refractivity contribution in [1.29, 1.82) is 0 Å². The number of fused-ring (bicyclic) bond motifs is 3. The lowest BCUT2D eigenvalue weighted by atomic mass is 10.1. The first-order valence-electron chi connectivity index (χ1n) is 8.98. The smallest absolute Gasteiger partial charge is 0.348 e. The summed E-state index contributed by atoms with van der Waals surface area (Å²) in [6.45, 7) is 0.567. The van der Waals surface area contributed by atoms with Gasteiger partial charge in [0.05, 0.1) is 10.9 Å². The van der Waals surface area contributed by atoms with E-state index in [4.69, 9.17) is 8.83 Å². The van der Waals surface area contributed by atoms with Gasteiger partial charge < -0.3 is 14.2 Å². The molecule has 5 aromatic rings. The van der Waals surface area contributed by atoms with Crippen LogP contribution < -0.4 is 10.9 Å². The highest BCUT2D eigenvalue weighted by atomic mass is 16.4. The van der Waals surface area contributed by atoms with Gasteiger partial charge in [0.15, 0.2) is 5.58 Å². The van der Waals surface area contributed by atoms with Crippen molar-refractivity contribution in [2.75, 3.05) is 5.32 Å². The standard InChI is InChI=1S/C23H16N2O3/c26-23-20-19(16-9-6-12-24-14-16)22(25-13-15-7-2-1-3-8-15)28-21(20)17-10-4-5-11-18(17)27-23/h1-12,14,25H,13H2. The summed E-state index contributed by atoms with van der Waals surface area (Å²) >= 11 is 0. The summed E-state index contributed by atoms with van der Waals surface area (Å²) in [5.74, 6) is 0.524. The van der Waals surface area contributed by atoms with E-state index in [1.54, 1.807) is 18.5 Å². The third-order valence-electron chi connectivity index (χ3n) is 4.69. The molecule has 3 aromatic heterocycles. The third kappa shape index (κ3) is 2.74. The lowest BCUT2D eigenvalue weighted by Gasteiger charge is -2.06. The first-order valence-corrected chi connectivity index (χ1v) is 8.98. The Balaban J connectivity index is 1.75. The van der Waals surface area contributed by atoms with Gasteiger partial charge in [0.2, 0.25) is 5.88 Å². The van der Waals surface area contributed by atoms with Crippen molar-refractivity contribution >= 4 is 27.8 Å². The maximum Gasteiger partial charge on any atom is 0.348 e. The van der Waals surface area contributed by atoms with Crippen LogP contribution in [0.25, 0.3) is 33.1 Å². The molecular formula is C23H16N2O3. The maximum absolute atomic E-state index is 12.8. The Morgan fingerprint density at radius 1 is 0.893 bits per heavy atom. The topological polar surface area (TPSA) is 68.3 Å². The van der Waals surface area contributed by atoms with Crippen molar-refractivity contribution in [1.82, 2.24) is 4.98 Å². The molecular weight excluding hydrogens is 352 g/mol. The number of nitrogens with one attached hydrogen (secondary N) is 1. The van der Waals surface area contributed by atoms with Crippen molar-refractivity contribution in [3.63, 3.8) is 0 Å². The summed E-state index contributed by atoms with van der Waals surface area (Å²) in [5.41, 5.74) is 3.15. The maximum atomic E-state index is 12.8. The van der Waals surface area contributed by atoms with Crippen LogP contribution in [0.1, 0.15) is 5.56 Å². The first kappa shape index (κ1) is 16.3. The van der Waals surface area contributed by atoms with Gasteiger partial charge >= 0.3 is 5.63 Å². The predicted octanol–water partition coefficient (Wildman–Crippen LogP) is 5.21. The van der Waals surface area contributed by atoms with Crippen LogP contribution in [0, 0.1) is 0 Å².